The molecule has 1 atom stereocenters. The highest BCUT2D eigenvalue weighted by molar-refractivity contribution is 5.85. The number of hydrogen-bond donors (Lipinski definition) is 1. The van der Waals surface area contributed by atoms with Gasteiger partial charge in [0.15, 0.2) is 0 Å². The molecule has 2 N–H and O–H groups in total. The molecule has 0 spiro atoms. The van der Waals surface area contributed by atoms with Crippen LogP contribution in [0.1, 0.15) is 25.5 Å². The molecule has 1 aliphatic rings. The van der Waals surface area contributed by atoms with Crippen LogP contribution in [0, 0.1) is 0 Å². The molecule has 1 saturated heterocycles. The van der Waals surface area contributed by atoms with Gasteiger partial charge < -0.3 is 10.6 Å². The summed E-state index contributed by atoms with van der Waals surface area (Å²) in [5.74, 6) is 0.116. The van der Waals surface area contributed by atoms with E-state index in [-0.39, 0.29) is 30.7 Å². The first kappa shape index (κ1) is 21.0. The second kappa shape index (κ2) is 9.87. The third-order valence-electron chi connectivity index (χ3n) is 4.00. The number of carbonyl (C=O) groups is 1. The van der Waals surface area contributed by atoms with Gasteiger partial charge in [0.05, 0.1) is 18.3 Å². The standard InChI is InChI=1S/C15H24N4O.2ClH/c1-3-19-8-4-5-14(19)11-18(2)15(20)9-13-7-6-12(16)10-17-13;;/h6-7,10,14H,3-5,8-9,11,16H2,1-2H3;2*1H. The smallest absolute Gasteiger partial charge is 0.228 e. The number of nitrogens with two attached hydrogens (primary N) is 1. The molecule has 0 bridgehead atoms. The van der Waals surface area contributed by atoms with Crippen molar-refractivity contribution in [2.45, 2.75) is 32.2 Å². The molecule has 1 fully saturated rings. The van der Waals surface area contributed by atoms with Gasteiger partial charge in [-0.15, -0.1) is 24.8 Å². The Morgan fingerprint density at radius 3 is 2.77 bits per heavy atom. The minimum Gasteiger partial charge on any atom is -0.397 e. The Bertz CT molecular complexity index is 455. The van der Waals surface area contributed by atoms with E-state index in [2.05, 4.69) is 16.8 Å². The lowest BCUT2D eigenvalue weighted by Crippen LogP contribution is -2.41. The summed E-state index contributed by atoms with van der Waals surface area (Å²) in [7, 11) is 1.88. The topological polar surface area (TPSA) is 62.5 Å². The first-order chi connectivity index (χ1) is 9.60. The monoisotopic (exact) mass is 348 g/mol. The number of pyridine rings is 1. The lowest BCUT2D eigenvalue weighted by molar-refractivity contribution is -0.129. The van der Waals surface area contributed by atoms with E-state index >= 15 is 0 Å². The molecule has 5 nitrogen and oxygen atoms in total. The summed E-state index contributed by atoms with van der Waals surface area (Å²) >= 11 is 0. The van der Waals surface area contributed by atoms with Gasteiger partial charge in [-0.2, -0.15) is 0 Å². The van der Waals surface area contributed by atoms with Gasteiger partial charge in [0.25, 0.3) is 0 Å². The third kappa shape index (κ3) is 5.63. The first-order valence-corrected chi connectivity index (χ1v) is 7.28. The zero-order valence-electron chi connectivity index (χ0n) is 13.2. The maximum atomic E-state index is 12.2. The molecular weight excluding hydrogens is 323 g/mol. The number of carbonyl (C=O) groups excluding carboxylic acids is 1. The van der Waals surface area contributed by atoms with Crippen molar-refractivity contribution in [2.75, 3.05) is 32.4 Å². The second-order valence-electron chi connectivity index (χ2n) is 5.46. The number of aromatic nitrogens is 1. The lowest BCUT2D eigenvalue weighted by atomic mass is 10.2. The number of halogens is 2. The van der Waals surface area contributed by atoms with Gasteiger partial charge in [0.1, 0.15) is 0 Å². The van der Waals surface area contributed by atoms with Crippen LogP contribution in [0.25, 0.3) is 0 Å². The van der Waals surface area contributed by atoms with Gasteiger partial charge in [-0.25, -0.2) is 0 Å². The van der Waals surface area contributed by atoms with Crippen molar-refractivity contribution in [2.24, 2.45) is 0 Å². The Hall–Kier alpha value is -1.04. The number of hydrogen-bond acceptors (Lipinski definition) is 4. The average molecular weight is 349 g/mol. The molecule has 1 amide bonds. The Balaban J connectivity index is 0.00000220. The summed E-state index contributed by atoms with van der Waals surface area (Å²) in [6.07, 6.45) is 4.36. The molecule has 7 heteroatoms. The minimum absolute atomic E-state index is 0. The predicted octanol–water partition coefficient (Wildman–Crippen LogP) is 1.99. The quantitative estimate of drug-likeness (QED) is 0.883. The lowest BCUT2D eigenvalue weighted by Gasteiger charge is -2.27. The molecule has 1 unspecified atom stereocenters. The van der Waals surface area contributed by atoms with Gasteiger partial charge in [0.2, 0.25) is 5.91 Å². The number of nitrogen functional groups attached to an aromatic ring is 1. The van der Waals surface area contributed by atoms with E-state index in [1.54, 1.807) is 12.3 Å². The van der Waals surface area contributed by atoms with Gasteiger partial charge in [0, 0.05) is 25.3 Å². The molecule has 2 heterocycles. The molecule has 22 heavy (non-hydrogen) atoms. The van der Waals surface area contributed by atoms with Crippen LogP contribution in [-0.2, 0) is 11.2 Å². The normalized spacial score (nSPS) is 17.5. The van der Waals surface area contributed by atoms with Crippen LogP contribution >= 0.6 is 24.8 Å². The van der Waals surface area contributed by atoms with Crippen molar-refractivity contribution in [1.82, 2.24) is 14.8 Å². The van der Waals surface area contributed by atoms with Crippen molar-refractivity contribution >= 4 is 36.4 Å². The van der Waals surface area contributed by atoms with Crippen molar-refractivity contribution < 1.29 is 4.79 Å². The molecule has 2 rings (SSSR count). The van der Waals surface area contributed by atoms with Crippen molar-refractivity contribution in [3.63, 3.8) is 0 Å². The summed E-state index contributed by atoms with van der Waals surface area (Å²) in [5, 5.41) is 0. The Morgan fingerprint density at radius 1 is 1.45 bits per heavy atom. The largest absolute Gasteiger partial charge is 0.397 e. The van der Waals surface area contributed by atoms with Crippen LogP contribution < -0.4 is 5.73 Å². The number of likely N-dealkylation sites (N-methyl/N-ethyl adjacent to an activating group) is 2. The maximum Gasteiger partial charge on any atom is 0.228 e. The number of amides is 1. The van der Waals surface area contributed by atoms with Gasteiger partial charge >= 0.3 is 0 Å². The van der Waals surface area contributed by atoms with E-state index < -0.39 is 0 Å². The Kier molecular flexibility index (Phi) is 9.41. The SMILES string of the molecule is CCN1CCCC1CN(C)C(=O)Cc1ccc(N)cn1.Cl.Cl. The highest BCUT2D eigenvalue weighted by Crippen LogP contribution is 2.17. The number of anilines is 1. The summed E-state index contributed by atoms with van der Waals surface area (Å²) < 4.78 is 0. The molecular formula is C15H26Cl2N4O. The average Bonchev–Trinajstić information content (AvgIpc) is 2.88. The minimum atomic E-state index is 0. The van der Waals surface area contributed by atoms with E-state index in [0.717, 1.165) is 25.3 Å². The summed E-state index contributed by atoms with van der Waals surface area (Å²) in [4.78, 5) is 20.7. The maximum absolute atomic E-state index is 12.2. The molecule has 0 aliphatic carbocycles. The van der Waals surface area contributed by atoms with Crippen molar-refractivity contribution in [1.29, 1.82) is 0 Å². The summed E-state index contributed by atoms with van der Waals surface area (Å²) in [6, 6.07) is 4.11. The fraction of sp³-hybridized carbons (Fsp3) is 0.600. The molecule has 0 aromatic carbocycles. The van der Waals surface area contributed by atoms with Crippen LogP contribution in [0.2, 0.25) is 0 Å². The predicted molar refractivity (Wildman–Crippen MR) is 94.8 cm³/mol. The third-order valence-corrected chi connectivity index (χ3v) is 4.00. The van der Waals surface area contributed by atoms with Crippen LogP contribution in [0.15, 0.2) is 18.3 Å². The first-order valence-electron chi connectivity index (χ1n) is 7.28. The van der Waals surface area contributed by atoms with Crippen LogP contribution in [0.5, 0.6) is 0 Å². The Morgan fingerprint density at radius 2 is 2.18 bits per heavy atom. The molecule has 1 aliphatic heterocycles. The summed E-state index contributed by atoms with van der Waals surface area (Å²) in [6.45, 7) is 5.20. The summed E-state index contributed by atoms with van der Waals surface area (Å²) in [5.41, 5.74) is 6.99. The number of likely N-dealkylation sites (tertiary alicyclic amines) is 1. The van der Waals surface area contributed by atoms with Gasteiger partial charge in [-0.3, -0.25) is 14.7 Å². The van der Waals surface area contributed by atoms with Crippen molar-refractivity contribution in [3.8, 4) is 0 Å². The molecule has 1 aromatic rings. The van der Waals surface area contributed by atoms with Crippen LogP contribution in [0.3, 0.4) is 0 Å². The highest BCUT2D eigenvalue weighted by Gasteiger charge is 2.25. The number of rotatable bonds is 5. The van der Waals surface area contributed by atoms with Crippen LogP contribution in [0.4, 0.5) is 5.69 Å². The van der Waals surface area contributed by atoms with Crippen LogP contribution in [-0.4, -0.2) is 53.4 Å². The molecule has 0 radical (unpaired) electrons. The molecule has 0 saturated carbocycles. The van der Waals surface area contributed by atoms with Gasteiger partial charge in [-0.1, -0.05) is 6.92 Å². The zero-order valence-corrected chi connectivity index (χ0v) is 14.8. The van der Waals surface area contributed by atoms with E-state index in [1.165, 1.54) is 12.8 Å². The Labute approximate surface area is 145 Å². The zero-order chi connectivity index (χ0) is 14.5. The van der Waals surface area contributed by atoms with Crippen molar-refractivity contribution in [3.05, 3.63) is 24.0 Å². The van der Waals surface area contributed by atoms with E-state index in [1.807, 2.05) is 18.0 Å². The number of nitrogens with zero attached hydrogens (tertiary/aromatic N) is 3. The van der Waals surface area contributed by atoms with E-state index in [4.69, 9.17) is 5.73 Å². The van der Waals surface area contributed by atoms with Gasteiger partial charge in [-0.05, 0) is 38.1 Å². The molecule has 126 valence electrons. The fourth-order valence-corrected chi connectivity index (χ4v) is 2.77. The van der Waals surface area contributed by atoms with E-state index in [9.17, 15) is 4.79 Å². The fourth-order valence-electron chi connectivity index (χ4n) is 2.77. The molecule has 1 aromatic heterocycles. The second-order valence-corrected chi connectivity index (χ2v) is 5.46. The highest BCUT2D eigenvalue weighted by atomic mass is 35.5. The van der Waals surface area contributed by atoms with E-state index in [0.29, 0.717) is 18.2 Å².